The van der Waals surface area contributed by atoms with Crippen LogP contribution >= 0.6 is 0 Å². The summed E-state index contributed by atoms with van der Waals surface area (Å²) in [5, 5.41) is 0. The Bertz CT molecular complexity index is 628. The molecule has 0 heteroatoms. The number of rotatable bonds is 2. The second kappa shape index (κ2) is 41.2. The average Bonchev–Trinajstić information content (AvgIpc) is 3.92. The van der Waals surface area contributed by atoms with E-state index in [1.165, 1.54) is 180 Å². The maximum atomic E-state index is 2.47. The van der Waals surface area contributed by atoms with Crippen molar-refractivity contribution in [3.63, 3.8) is 0 Å². The SMILES string of the molecule is C.C.C.C1CCCCCCC1.CC.CC.CC1CCCC(C)CCC1.CC1CCCC(C2CCCCCC(C3CC3)C2)CCC1.CC1CCCCCCC1. The summed E-state index contributed by atoms with van der Waals surface area (Å²) in [7, 11) is 0. The molecule has 0 aromatic carbocycles. The number of hydrogen-bond acceptors (Lipinski definition) is 0. The van der Waals surface area contributed by atoms with Gasteiger partial charge in [-0.2, -0.15) is 0 Å². The fourth-order valence-corrected chi connectivity index (χ4v) is 10.2. The van der Waals surface area contributed by atoms with Crippen molar-refractivity contribution in [2.45, 2.75) is 302 Å². The van der Waals surface area contributed by atoms with Gasteiger partial charge in [0.25, 0.3) is 0 Å². The van der Waals surface area contributed by atoms with Gasteiger partial charge >= 0.3 is 0 Å². The normalized spacial score (nSPS) is 30.0. The summed E-state index contributed by atoms with van der Waals surface area (Å²) in [6.45, 7) is 17.7. The first-order valence-corrected chi connectivity index (χ1v) is 25.0. The summed E-state index contributed by atoms with van der Waals surface area (Å²) in [6, 6.07) is 0. The van der Waals surface area contributed by atoms with Crippen LogP contribution in [0.4, 0.5) is 0 Å². The molecular formula is C54H114. The average molecular weight is 764 g/mol. The van der Waals surface area contributed by atoms with Crippen molar-refractivity contribution in [1.82, 2.24) is 0 Å². The summed E-state index contributed by atoms with van der Waals surface area (Å²) >= 11 is 0. The van der Waals surface area contributed by atoms with Crippen molar-refractivity contribution in [1.29, 1.82) is 0 Å². The van der Waals surface area contributed by atoms with Crippen LogP contribution in [0.5, 0.6) is 0 Å². The molecule has 0 aliphatic heterocycles. The van der Waals surface area contributed by atoms with Crippen LogP contribution in [0.15, 0.2) is 0 Å². The van der Waals surface area contributed by atoms with E-state index >= 15 is 0 Å². The smallest absolute Gasteiger partial charge is 0.0383 e. The van der Waals surface area contributed by atoms with Gasteiger partial charge in [0.2, 0.25) is 0 Å². The summed E-state index contributed by atoms with van der Waals surface area (Å²) in [4.78, 5) is 0. The first-order valence-electron chi connectivity index (χ1n) is 25.0. The molecule has 6 aliphatic rings. The molecule has 0 heterocycles. The third-order valence-electron chi connectivity index (χ3n) is 13.9. The zero-order valence-electron chi connectivity index (χ0n) is 37.4. The largest absolute Gasteiger partial charge is 0.0776 e. The second-order valence-corrected chi connectivity index (χ2v) is 18.8. The summed E-state index contributed by atoms with van der Waals surface area (Å²) in [5.74, 6) is 8.53. The third-order valence-corrected chi connectivity index (χ3v) is 13.9. The molecule has 0 radical (unpaired) electrons. The van der Waals surface area contributed by atoms with E-state index in [-0.39, 0.29) is 22.3 Å². The van der Waals surface area contributed by atoms with Gasteiger partial charge < -0.3 is 0 Å². The quantitative estimate of drug-likeness (QED) is 0.263. The van der Waals surface area contributed by atoms with Crippen LogP contribution in [-0.4, -0.2) is 0 Å². The molecule has 2 atom stereocenters. The first kappa shape index (κ1) is 58.3. The monoisotopic (exact) mass is 763 g/mol. The van der Waals surface area contributed by atoms with Crippen LogP contribution in [0.25, 0.3) is 0 Å². The molecule has 0 saturated heterocycles. The van der Waals surface area contributed by atoms with Gasteiger partial charge in [0, 0.05) is 0 Å². The zero-order valence-corrected chi connectivity index (χ0v) is 37.4. The van der Waals surface area contributed by atoms with E-state index in [2.05, 4.69) is 27.7 Å². The van der Waals surface area contributed by atoms with Crippen molar-refractivity contribution in [2.24, 2.45) is 47.3 Å². The molecule has 6 aliphatic carbocycles. The van der Waals surface area contributed by atoms with E-state index < -0.39 is 0 Å². The topological polar surface area (TPSA) is 0 Å². The molecule has 6 fully saturated rings. The van der Waals surface area contributed by atoms with E-state index in [0.717, 1.165) is 47.3 Å². The fourth-order valence-electron chi connectivity index (χ4n) is 10.2. The lowest BCUT2D eigenvalue weighted by Crippen LogP contribution is -2.22. The minimum atomic E-state index is 0. The van der Waals surface area contributed by atoms with Crippen LogP contribution in [-0.2, 0) is 0 Å². The summed E-state index contributed by atoms with van der Waals surface area (Å²) in [6.07, 6.45) is 53.0. The Kier molecular flexibility index (Phi) is 44.5. The van der Waals surface area contributed by atoms with Crippen molar-refractivity contribution < 1.29 is 0 Å². The highest BCUT2D eigenvalue weighted by molar-refractivity contribution is 4.86. The summed E-state index contributed by atoms with van der Waals surface area (Å²) < 4.78 is 0. The van der Waals surface area contributed by atoms with E-state index in [1.807, 2.05) is 27.7 Å². The maximum Gasteiger partial charge on any atom is -0.0383 e. The van der Waals surface area contributed by atoms with Gasteiger partial charge in [-0.3, -0.25) is 0 Å². The number of hydrogen-bond donors (Lipinski definition) is 0. The Hall–Kier alpha value is 0. The molecule has 330 valence electrons. The highest BCUT2D eigenvalue weighted by atomic mass is 14.4. The van der Waals surface area contributed by atoms with Gasteiger partial charge in [-0.1, -0.05) is 283 Å². The van der Waals surface area contributed by atoms with Crippen LogP contribution < -0.4 is 0 Å². The highest BCUT2D eigenvalue weighted by Crippen LogP contribution is 2.46. The Morgan fingerprint density at radius 1 is 0.204 bits per heavy atom. The molecule has 0 N–H and O–H groups in total. The lowest BCUT2D eigenvalue weighted by Gasteiger charge is -2.34. The van der Waals surface area contributed by atoms with E-state index in [0.29, 0.717) is 0 Å². The van der Waals surface area contributed by atoms with Gasteiger partial charge in [-0.15, -0.1) is 0 Å². The van der Waals surface area contributed by atoms with Gasteiger partial charge in [0.05, 0.1) is 0 Å². The Labute approximate surface area is 348 Å². The maximum absolute atomic E-state index is 2.47. The molecule has 0 nitrogen and oxygen atoms in total. The fraction of sp³-hybridized carbons (Fsp3) is 1.00. The Balaban J connectivity index is -0.000000656. The van der Waals surface area contributed by atoms with E-state index in [1.54, 1.807) is 44.9 Å². The first-order chi connectivity index (χ1) is 25.0. The molecule has 0 aromatic rings. The van der Waals surface area contributed by atoms with Gasteiger partial charge in [-0.25, -0.2) is 0 Å². The Morgan fingerprint density at radius 2 is 0.389 bits per heavy atom. The van der Waals surface area contributed by atoms with E-state index in [9.17, 15) is 0 Å². The lowest BCUT2D eigenvalue weighted by atomic mass is 9.72. The minimum Gasteiger partial charge on any atom is -0.0776 e. The summed E-state index contributed by atoms with van der Waals surface area (Å²) in [5.41, 5.74) is 0. The molecular weight excluding hydrogens is 649 g/mol. The van der Waals surface area contributed by atoms with E-state index in [4.69, 9.17) is 0 Å². The molecule has 6 rings (SSSR count). The van der Waals surface area contributed by atoms with Crippen molar-refractivity contribution in [3.8, 4) is 0 Å². The molecule has 2 unspecified atom stereocenters. The third kappa shape index (κ3) is 32.0. The lowest BCUT2D eigenvalue weighted by molar-refractivity contribution is 0.173. The van der Waals surface area contributed by atoms with Crippen molar-refractivity contribution >= 4 is 0 Å². The van der Waals surface area contributed by atoms with Crippen molar-refractivity contribution in [3.05, 3.63) is 0 Å². The van der Waals surface area contributed by atoms with Crippen LogP contribution in [0.2, 0.25) is 0 Å². The Morgan fingerprint density at radius 3 is 0.685 bits per heavy atom. The van der Waals surface area contributed by atoms with Gasteiger partial charge in [-0.05, 0) is 66.6 Å². The predicted octanol–water partition coefficient (Wildman–Crippen LogP) is 20.7. The molecule has 6 saturated carbocycles. The van der Waals surface area contributed by atoms with Gasteiger partial charge in [0.15, 0.2) is 0 Å². The second-order valence-electron chi connectivity index (χ2n) is 18.8. The molecule has 0 amide bonds. The minimum absolute atomic E-state index is 0. The standard InChI is InChI=1S/C20H36.C10H20.C9H18.C8H16.2C2H6.3CH4/c1-16-7-5-11-17(12-6-8-16)19-9-3-2-4-10-20(15-19)18-13-14-18;1-9-5-3-7-10(2)8-4-6-9;1-9-7-5-3-2-4-6-8-9;1-2-4-6-8-7-5-3-1;2*1-2;;;/h16-20H,2-15H2,1H3;9-10H,3-8H2,1-2H3;9H,2-8H2,1H3;1-8H2;2*1-2H3;3*1H4. The van der Waals surface area contributed by atoms with Crippen LogP contribution in [0.3, 0.4) is 0 Å². The van der Waals surface area contributed by atoms with Gasteiger partial charge in [0.1, 0.15) is 0 Å². The van der Waals surface area contributed by atoms with Crippen LogP contribution in [0, 0.1) is 47.3 Å². The highest BCUT2D eigenvalue weighted by Gasteiger charge is 2.35. The zero-order chi connectivity index (χ0) is 37.4. The predicted molar refractivity (Wildman–Crippen MR) is 255 cm³/mol. The molecule has 54 heavy (non-hydrogen) atoms. The molecule has 0 bridgehead atoms. The molecule has 0 aromatic heterocycles. The van der Waals surface area contributed by atoms with Crippen LogP contribution in [0.1, 0.15) is 302 Å². The van der Waals surface area contributed by atoms with Crippen molar-refractivity contribution in [2.75, 3.05) is 0 Å². The molecule has 0 spiro atoms.